The third-order valence-electron chi connectivity index (χ3n) is 3.86. The highest BCUT2D eigenvalue weighted by atomic mass is 35.5. The van der Waals surface area contributed by atoms with Crippen LogP contribution < -0.4 is 10.5 Å². The van der Waals surface area contributed by atoms with Gasteiger partial charge in [0.1, 0.15) is 5.75 Å². The molecule has 1 aromatic rings. The number of halogens is 4. The average Bonchev–Trinajstić information content (AvgIpc) is 2.37. The molecule has 0 heterocycles. The van der Waals surface area contributed by atoms with Crippen LogP contribution in [0.25, 0.3) is 0 Å². The molecular weight excluding hydrogens is 291 g/mol. The SMILES string of the molecule is COc1c(Cl)cc(C(F)(F)F)cc1C1(N)CCCCC1. The molecule has 1 aromatic carbocycles. The summed E-state index contributed by atoms with van der Waals surface area (Å²) in [7, 11) is 1.39. The lowest BCUT2D eigenvalue weighted by Crippen LogP contribution is -2.39. The van der Waals surface area contributed by atoms with Crippen LogP contribution in [0, 0.1) is 0 Å². The maximum Gasteiger partial charge on any atom is 0.416 e. The fourth-order valence-corrected chi connectivity index (χ4v) is 3.08. The Morgan fingerprint density at radius 2 is 1.80 bits per heavy atom. The largest absolute Gasteiger partial charge is 0.495 e. The molecule has 0 spiro atoms. The zero-order valence-corrected chi connectivity index (χ0v) is 11.9. The molecule has 0 aliphatic heterocycles. The van der Waals surface area contributed by atoms with Crippen LogP contribution in [0.2, 0.25) is 5.02 Å². The Kier molecular flexibility index (Phi) is 4.21. The van der Waals surface area contributed by atoms with Gasteiger partial charge in [0, 0.05) is 11.1 Å². The lowest BCUT2D eigenvalue weighted by molar-refractivity contribution is -0.137. The minimum absolute atomic E-state index is 0.0484. The number of nitrogens with two attached hydrogens (primary N) is 1. The number of rotatable bonds is 2. The molecule has 0 aromatic heterocycles. The van der Waals surface area contributed by atoms with Crippen molar-refractivity contribution < 1.29 is 17.9 Å². The topological polar surface area (TPSA) is 35.2 Å². The predicted octanol–water partition coefficient (Wildman–Crippen LogP) is 4.49. The second-order valence-electron chi connectivity index (χ2n) is 5.25. The number of ether oxygens (including phenoxy) is 1. The van der Waals surface area contributed by atoms with Gasteiger partial charge in [0.2, 0.25) is 0 Å². The smallest absolute Gasteiger partial charge is 0.416 e. The van der Waals surface area contributed by atoms with E-state index in [0.29, 0.717) is 18.4 Å². The quantitative estimate of drug-likeness (QED) is 0.874. The summed E-state index contributed by atoms with van der Waals surface area (Å²) in [5.74, 6) is 0.254. The van der Waals surface area contributed by atoms with Gasteiger partial charge >= 0.3 is 6.18 Å². The number of methoxy groups -OCH3 is 1. The van der Waals surface area contributed by atoms with Crippen molar-refractivity contribution >= 4 is 11.6 Å². The second-order valence-corrected chi connectivity index (χ2v) is 5.66. The van der Waals surface area contributed by atoms with Crippen molar-refractivity contribution in [3.05, 3.63) is 28.3 Å². The van der Waals surface area contributed by atoms with Crippen LogP contribution in [-0.2, 0) is 11.7 Å². The second kappa shape index (κ2) is 5.45. The summed E-state index contributed by atoms with van der Waals surface area (Å²) >= 11 is 5.94. The van der Waals surface area contributed by atoms with Crippen LogP contribution in [-0.4, -0.2) is 7.11 Å². The first-order valence-corrected chi connectivity index (χ1v) is 6.90. The minimum atomic E-state index is -4.45. The molecule has 1 aliphatic carbocycles. The zero-order chi connectivity index (χ0) is 15.0. The van der Waals surface area contributed by atoms with Crippen LogP contribution >= 0.6 is 11.6 Å². The van der Waals surface area contributed by atoms with E-state index in [-0.39, 0.29) is 10.8 Å². The molecule has 0 amide bonds. The van der Waals surface area contributed by atoms with Crippen molar-refractivity contribution in [2.75, 3.05) is 7.11 Å². The lowest BCUT2D eigenvalue weighted by atomic mass is 9.76. The van der Waals surface area contributed by atoms with Crippen molar-refractivity contribution in [3.8, 4) is 5.75 Å². The van der Waals surface area contributed by atoms with Gasteiger partial charge < -0.3 is 10.5 Å². The maximum absolute atomic E-state index is 12.9. The Bertz CT molecular complexity index is 496. The van der Waals surface area contributed by atoms with Crippen LogP contribution in [0.4, 0.5) is 13.2 Å². The van der Waals surface area contributed by atoms with Gasteiger partial charge in [0.05, 0.1) is 17.7 Å². The highest BCUT2D eigenvalue weighted by molar-refractivity contribution is 6.32. The van der Waals surface area contributed by atoms with Gasteiger partial charge in [-0.1, -0.05) is 30.9 Å². The Morgan fingerprint density at radius 3 is 2.30 bits per heavy atom. The van der Waals surface area contributed by atoms with Crippen molar-refractivity contribution in [3.63, 3.8) is 0 Å². The maximum atomic E-state index is 12.9. The van der Waals surface area contributed by atoms with E-state index in [0.717, 1.165) is 31.4 Å². The molecule has 20 heavy (non-hydrogen) atoms. The van der Waals surface area contributed by atoms with E-state index in [1.807, 2.05) is 0 Å². The molecule has 1 saturated carbocycles. The van der Waals surface area contributed by atoms with Crippen LogP contribution in [0.1, 0.15) is 43.2 Å². The van der Waals surface area contributed by atoms with Crippen molar-refractivity contribution in [2.24, 2.45) is 5.73 Å². The molecule has 0 atom stereocenters. The van der Waals surface area contributed by atoms with Crippen LogP contribution in [0.3, 0.4) is 0 Å². The van der Waals surface area contributed by atoms with Crippen LogP contribution in [0.5, 0.6) is 5.75 Å². The van der Waals surface area contributed by atoms with Gasteiger partial charge in [-0.2, -0.15) is 13.2 Å². The third-order valence-corrected chi connectivity index (χ3v) is 4.14. The zero-order valence-electron chi connectivity index (χ0n) is 11.2. The summed E-state index contributed by atoms with van der Waals surface area (Å²) in [6.45, 7) is 0. The van der Waals surface area contributed by atoms with E-state index in [9.17, 15) is 13.2 Å². The van der Waals surface area contributed by atoms with Crippen LogP contribution in [0.15, 0.2) is 12.1 Å². The van der Waals surface area contributed by atoms with Crippen molar-refractivity contribution in [2.45, 2.75) is 43.8 Å². The van der Waals surface area contributed by atoms with Gasteiger partial charge in [0.25, 0.3) is 0 Å². The standard InChI is InChI=1S/C14H17ClF3NO/c1-20-12-10(13(19)5-3-2-4-6-13)7-9(8-11(12)15)14(16,17)18/h7-8H,2-6,19H2,1H3. The van der Waals surface area contributed by atoms with Crippen molar-refractivity contribution in [1.82, 2.24) is 0 Å². The minimum Gasteiger partial charge on any atom is -0.495 e. The third kappa shape index (κ3) is 2.88. The molecule has 2 N–H and O–H groups in total. The predicted molar refractivity (Wildman–Crippen MR) is 72.0 cm³/mol. The van der Waals surface area contributed by atoms with Gasteiger partial charge in [0.15, 0.2) is 0 Å². The Hall–Kier alpha value is -0.940. The molecule has 2 rings (SSSR count). The highest BCUT2D eigenvalue weighted by Crippen LogP contribution is 2.45. The first kappa shape index (κ1) is 15.4. The van der Waals surface area contributed by atoms with E-state index < -0.39 is 17.3 Å². The van der Waals surface area contributed by atoms with Crippen molar-refractivity contribution in [1.29, 1.82) is 0 Å². The lowest BCUT2D eigenvalue weighted by Gasteiger charge is -2.35. The number of alkyl halides is 3. The monoisotopic (exact) mass is 307 g/mol. The van der Waals surface area contributed by atoms with Gasteiger partial charge in [-0.05, 0) is 25.0 Å². The van der Waals surface area contributed by atoms with Gasteiger partial charge in [-0.25, -0.2) is 0 Å². The molecule has 0 radical (unpaired) electrons. The van der Waals surface area contributed by atoms with Gasteiger partial charge in [-0.15, -0.1) is 0 Å². The van der Waals surface area contributed by atoms with E-state index >= 15 is 0 Å². The molecule has 6 heteroatoms. The summed E-state index contributed by atoms with van der Waals surface area (Å²) in [6, 6.07) is 1.96. The Morgan fingerprint density at radius 1 is 1.20 bits per heavy atom. The summed E-state index contributed by atoms with van der Waals surface area (Å²) in [5, 5.41) is -0.0484. The van der Waals surface area contributed by atoms with E-state index in [2.05, 4.69) is 0 Å². The van der Waals surface area contributed by atoms with E-state index in [4.69, 9.17) is 22.1 Å². The first-order valence-electron chi connectivity index (χ1n) is 6.52. The molecule has 0 saturated heterocycles. The fraction of sp³-hybridized carbons (Fsp3) is 0.571. The normalized spacial score (nSPS) is 18.9. The number of benzene rings is 1. The number of hydrogen-bond donors (Lipinski definition) is 1. The average molecular weight is 308 g/mol. The van der Waals surface area contributed by atoms with E-state index in [1.165, 1.54) is 7.11 Å². The summed E-state index contributed by atoms with van der Waals surface area (Å²) in [4.78, 5) is 0. The summed E-state index contributed by atoms with van der Waals surface area (Å²) in [5.41, 5.74) is 5.11. The summed E-state index contributed by atoms with van der Waals surface area (Å²) < 4.78 is 44.0. The Labute approximate surface area is 121 Å². The highest BCUT2D eigenvalue weighted by Gasteiger charge is 2.38. The number of hydrogen-bond acceptors (Lipinski definition) is 2. The summed E-state index contributed by atoms with van der Waals surface area (Å²) in [6.07, 6.45) is -0.327. The Balaban J connectivity index is 2.57. The molecule has 1 fully saturated rings. The molecule has 0 unspecified atom stereocenters. The van der Waals surface area contributed by atoms with E-state index in [1.54, 1.807) is 0 Å². The first-order chi connectivity index (χ1) is 9.28. The molecule has 1 aliphatic rings. The molecule has 2 nitrogen and oxygen atoms in total. The molecular formula is C14H17ClF3NO. The molecule has 0 bridgehead atoms. The van der Waals surface area contributed by atoms with Gasteiger partial charge in [-0.3, -0.25) is 0 Å². The molecule has 112 valence electrons. The fourth-order valence-electron chi connectivity index (χ4n) is 2.79.